The first-order chi connectivity index (χ1) is 10.2. The number of aromatic nitrogens is 1. The van der Waals surface area contributed by atoms with Crippen LogP contribution in [0.4, 0.5) is 5.82 Å². The number of hydrogen-bond acceptors (Lipinski definition) is 5. The second-order valence-corrected chi connectivity index (χ2v) is 4.73. The summed E-state index contributed by atoms with van der Waals surface area (Å²) in [6.45, 7) is 0.707. The van der Waals surface area contributed by atoms with E-state index in [0.29, 0.717) is 18.0 Å². The van der Waals surface area contributed by atoms with Crippen LogP contribution < -0.4 is 14.4 Å². The lowest BCUT2D eigenvalue weighted by Gasteiger charge is -2.19. The minimum absolute atomic E-state index is 0.00662. The Morgan fingerprint density at radius 1 is 1.05 bits per heavy atom. The molecule has 2 rings (SSSR count). The summed E-state index contributed by atoms with van der Waals surface area (Å²) in [7, 11) is 5.22. The Morgan fingerprint density at radius 3 is 2.33 bits per heavy atom. The normalized spacial score (nSPS) is 10.3. The molecule has 112 valence electrons. The monoisotopic (exact) mass is 288 g/mol. The van der Waals surface area contributed by atoms with Gasteiger partial charge in [0.1, 0.15) is 5.82 Å². The molecule has 0 spiro atoms. The molecule has 1 aromatic heterocycles. The van der Waals surface area contributed by atoms with Crippen molar-refractivity contribution in [3.63, 3.8) is 0 Å². The van der Waals surface area contributed by atoms with Crippen molar-refractivity contribution in [2.45, 2.75) is 13.2 Å². The molecule has 0 amide bonds. The Kier molecular flexibility index (Phi) is 5.00. The average molecular weight is 288 g/mol. The summed E-state index contributed by atoms with van der Waals surface area (Å²) < 4.78 is 10.5. The summed E-state index contributed by atoms with van der Waals surface area (Å²) in [5.41, 5.74) is 1.90. The maximum atomic E-state index is 9.03. The number of nitrogens with zero attached hydrogens (tertiary/aromatic N) is 2. The number of methoxy groups -OCH3 is 2. The van der Waals surface area contributed by atoms with E-state index in [1.54, 1.807) is 20.4 Å². The molecule has 0 unspecified atom stereocenters. The van der Waals surface area contributed by atoms with Crippen LogP contribution in [-0.4, -0.2) is 31.4 Å². The van der Waals surface area contributed by atoms with E-state index in [0.717, 1.165) is 16.9 Å². The molecule has 0 bridgehead atoms. The third kappa shape index (κ3) is 3.64. The van der Waals surface area contributed by atoms with E-state index < -0.39 is 0 Å². The van der Waals surface area contributed by atoms with Crippen molar-refractivity contribution >= 4 is 5.82 Å². The predicted molar refractivity (Wildman–Crippen MR) is 81.8 cm³/mol. The second-order valence-electron chi connectivity index (χ2n) is 4.73. The van der Waals surface area contributed by atoms with Crippen LogP contribution in [0.2, 0.25) is 0 Å². The molecule has 0 radical (unpaired) electrons. The van der Waals surface area contributed by atoms with Crippen LogP contribution in [0.3, 0.4) is 0 Å². The number of hydrogen-bond donors (Lipinski definition) is 1. The standard InChI is InChI=1S/C16H20N2O3/c1-18(16-7-5-13(11-19)9-17-16)10-12-4-6-14(20-2)15(8-12)21-3/h4-9,19H,10-11H2,1-3H3. The molecule has 0 fully saturated rings. The highest BCUT2D eigenvalue weighted by Gasteiger charge is 2.08. The highest BCUT2D eigenvalue weighted by molar-refractivity contribution is 5.45. The van der Waals surface area contributed by atoms with Gasteiger partial charge in [-0.05, 0) is 29.3 Å². The maximum Gasteiger partial charge on any atom is 0.161 e. The van der Waals surface area contributed by atoms with E-state index in [1.165, 1.54) is 0 Å². The van der Waals surface area contributed by atoms with Crippen LogP contribution in [0.25, 0.3) is 0 Å². The predicted octanol–water partition coefficient (Wildman–Crippen LogP) is 2.23. The van der Waals surface area contributed by atoms with Crippen LogP contribution in [0, 0.1) is 0 Å². The van der Waals surface area contributed by atoms with E-state index in [4.69, 9.17) is 14.6 Å². The van der Waals surface area contributed by atoms with Gasteiger partial charge in [0.2, 0.25) is 0 Å². The molecule has 0 aliphatic heterocycles. The maximum absolute atomic E-state index is 9.03. The fourth-order valence-corrected chi connectivity index (χ4v) is 2.07. The number of rotatable bonds is 6. The van der Waals surface area contributed by atoms with E-state index in [-0.39, 0.29) is 6.61 Å². The van der Waals surface area contributed by atoms with Gasteiger partial charge in [-0.1, -0.05) is 12.1 Å². The molecule has 5 heteroatoms. The van der Waals surface area contributed by atoms with Crippen molar-refractivity contribution < 1.29 is 14.6 Å². The molecule has 21 heavy (non-hydrogen) atoms. The molecular weight excluding hydrogens is 268 g/mol. The third-order valence-corrected chi connectivity index (χ3v) is 3.25. The smallest absolute Gasteiger partial charge is 0.161 e. The first kappa shape index (κ1) is 15.1. The van der Waals surface area contributed by atoms with Crippen molar-refractivity contribution in [3.05, 3.63) is 47.7 Å². The minimum Gasteiger partial charge on any atom is -0.493 e. The number of pyridine rings is 1. The van der Waals surface area contributed by atoms with Gasteiger partial charge in [-0.3, -0.25) is 0 Å². The summed E-state index contributed by atoms with van der Waals surface area (Å²) in [6.07, 6.45) is 1.68. The van der Waals surface area contributed by atoms with E-state index in [1.807, 2.05) is 42.3 Å². The lowest BCUT2D eigenvalue weighted by molar-refractivity contribution is 0.281. The number of ether oxygens (including phenoxy) is 2. The van der Waals surface area contributed by atoms with Gasteiger partial charge in [0.05, 0.1) is 20.8 Å². The first-order valence-electron chi connectivity index (χ1n) is 6.65. The molecule has 0 aliphatic rings. The van der Waals surface area contributed by atoms with Gasteiger partial charge in [0.25, 0.3) is 0 Å². The van der Waals surface area contributed by atoms with Crippen LogP contribution in [0.15, 0.2) is 36.5 Å². The van der Waals surface area contributed by atoms with Gasteiger partial charge < -0.3 is 19.5 Å². The van der Waals surface area contributed by atoms with E-state index in [9.17, 15) is 0 Å². The Bertz CT molecular complexity index is 585. The number of aliphatic hydroxyl groups is 1. The molecular formula is C16H20N2O3. The van der Waals surface area contributed by atoms with Gasteiger partial charge in [-0.15, -0.1) is 0 Å². The molecule has 1 aromatic carbocycles. The molecule has 0 aliphatic carbocycles. The summed E-state index contributed by atoms with van der Waals surface area (Å²) in [4.78, 5) is 6.36. The quantitative estimate of drug-likeness (QED) is 0.883. The van der Waals surface area contributed by atoms with Crippen molar-refractivity contribution in [1.82, 2.24) is 4.98 Å². The molecule has 1 heterocycles. The average Bonchev–Trinajstić information content (AvgIpc) is 2.54. The summed E-state index contributed by atoms with van der Waals surface area (Å²) in [5.74, 6) is 2.28. The van der Waals surface area contributed by atoms with Crippen LogP contribution >= 0.6 is 0 Å². The molecule has 0 saturated heterocycles. The molecule has 0 atom stereocenters. The van der Waals surface area contributed by atoms with E-state index in [2.05, 4.69) is 4.98 Å². The summed E-state index contributed by atoms with van der Waals surface area (Å²) in [5, 5.41) is 9.03. The van der Waals surface area contributed by atoms with E-state index >= 15 is 0 Å². The molecule has 5 nitrogen and oxygen atoms in total. The van der Waals surface area contributed by atoms with Gasteiger partial charge in [0.15, 0.2) is 11.5 Å². The molecule has 2 aromatic rings. The largest absolute Gasteiger partial charge is 0.493 e. The zero-order chi connectivity index (χ0) is 15.2. The van der Waals surface area contributed by atoms with Gasteiger partial charge in [-0.25, -0.2) is 4.98 Å². The zero-order valence-electron chi connectivity index (χ0n) is 12.5. The first-order valence-corrected chi connectivity index (χ1v) is 6.65. The SMILES string of the molecule is COc1ccc(CN(C)c2ccc(CO)cn2)cc1OC. The number of anilines is 1. The minimum atomic E-state index is 0.00662. The molecule has 0 saturated carbocycles. The highest BCUT2D eigenvalue weighted by atomic mass is 16.5. The van der Waals surface area contributed by atoms with Crippen LogP contribution in [-0.2, 0) is 13.2 Å². The lowest BCUT2D eigenvalue weighted by Crippen LogP contribution is -2.17. The summed E-state index contributed by atoms with van der Waals surface area (Å²) in [6, 6.07) is 9.61. The van der Waals surface area contributed by atoms with Crippen LogP contribution in [0.5, 0.6) is 11.5 Å². The lowest BCUT2D eigenvalue weighted by atomic mass is 10.2. The Balaban J connectivity index is 2.12. The number of benzene rings is 1. The number of aliphatic hydroxyl groups excluding tert-OH is 1. The highest BCUT2D eigenvalue weighted by Crippen LogP contribution is 2.28. The van der Waals surface area contributed by atoms with Gasteiger partial charge >= 0.3 is 0 Å². The second kappa shape index (κ2) is 6.95. The Hall–Kier alpha value is -2.27. The van der Waals surface area contributed by atoms with Crippen LogP contribution in [0.1, 0.15) is 11.1 Å². The van der Waals surface area contributed by atoms with Crippen molar-refractivity contribution in [1.29, 1.82) is 0 Å². The fraction of sp³-hybridized carbons (Fsp3) is 0.312. The van der Waals surface area contributed by atoms with Crippen molar-refractivity contribution in [2.75, 3.05) is 26.2 Å². The molecule has 1 N–H and O–H groups in total. The van der Waals surface area contributed by atoms with Crippen molar-refractivity contribution in [3.8, 4) is 11.5 Å². The zero-order valence-corrected chi connectivity index (χ0v) is 12.5. The third-order valence-electron chi connectivity index (χ3n) is 3.25. The fourth-order valence-electron chi connectivity index (χ4n) is 2.07. The Labute approximate surface area is 124 Å². The summed E-state index contributed by atoms with van der Waals surface area (Å²) >= 11 is 0. The van der Waals surface area contributed by atoms with Crippen molar-refractivity contribution in [2.24, 2.45) is 0 Å². The van der Waals surface area contributed by atoms with Gasteiger partial charge in [-0.2, -0.15) is 0 Å². The Morgan fingerprint density at radius 2 is 1.76 bits per heavy atom. The van der Waals surface area contributed by atoms with Gasteiger partial charge in [0, 0.05) is 19.8 Å². The topological polar surface area (TPSA) is 54.8 Å².